The van der Waals surface area contributed by atoms with E-state index >= 15 is 0 Å². The molecule has 2 unspecified atom stereocenters. The number of para-hydroxylation sites is 1. The Morgan fingerprint density at radius 3 is 3.14 bits per heavy atom. The van der Waals surface area contributed by atoms with Gasteiger partial charge < -0.3 is 16.2 Å². The average molecular weight is 196 g/mol. The Labute approximate surface area is 81.7 Å². The van der Waals surface area contributed by atoms with Crippen LogP contribution in [0.4, 0.5) is 10.1 Å². The van der Waals surface area contributed by atoms with Gasteiger partial charge in [-0.1, -0.05) is 12.1 Å². The van der Waals surface area contributed by atoms with Gasteiger partial charge in [0, 0.05) is 19.0 Å². The van der Waals surface area contributed by atoms with Crippen molar-refractivity contribution >= 4 is 5.69 Å². The molecule has 0 saturated heterocycles. The number of anilines is 1. The summed E-state index contributed by atoms with van der Waals surface area (Å²) in [5.41, 5.74) is 6.70. The van der Waals surface area contributed by atoms with Crippen LogP contribution in [0, 0.1) is 5.82 Å². The van der Waals surface area contributed by atoms with Gasteiger partial charge >= 0.3 is 0 Å². The third-order valence-electron chi connectivity index (χ3n) is 2.65. The minimum Gasteiger partial charge on any atom is -0.391 e. The van der Waals surface area contributed by atoms with Crippen LogP contribution in [0.3, 0.4) is 0 Å². The second-order valence-electron chi connectivity index (χ2n) is 3.49. The van der Waals surface area contributed by atoms with Gasteiger partial charge in [-0.2, -0.15) is 0 Å². The lowest BCUT2D eigenvalue weighted by Crippen LogP contribution is -2.28. The lowest BCUT2D eigenvalue weighted by molar-refractivity contribution is 0.157. The number of aliphatic hydroxyl groups excluding tert-OH is 1. The molecule has 4 N–H and O–H groups in total. The molecule has 1 aliphatic rings. The SMILES string of the molecule is NCC(O)C1CNc2c(F)cccc21. The van der Waals surface area contributed by atoms with Crippen LogP contribution in [0.25, 0.3) is 0 Å². The number of aliphatic hydroxyl groups is 1. The molecule has 1 aliphatic heterocycles. The van der Waals surface area contributed by atoms with Crippen molar-refractivity contribution in [2.75, 3.05) is 18.4 Å². The van der Waals surface area contributed by atoms with Gasteiger partial charge in [-0.05, 0) is 11.6 Å². The maximum Gasteiger partial charge on any atom is 0.146 e. The smallest absolute Gasteiger partial charge is 0.146 e. The van der Waals surface area contributed by atoms with E-state index in [-0.39, 0.29) is 18.3 Å². The largest absolute Gasteiger partial charge is 0.391 e. The first-order valence-electron chi connectivity index (χ1n) is 4.64. The molecule has 0 radical (unpaired) electrons. The van der Waals surface area contributed by atoms with Crippen molar-refractivity contribution < 1.29 is 9.50 Å². The molecule has 0 fully saturated rings. The maximum absolute atomic E-state index is 13.3. The molecule has 1 aromatic carbocycles. The first-order valence-corrected chi connectivity index (χ1v) is 4.64. The van der Waals surface area contributed by atoms with Crippen LogP contribution < -0.4 is 11.1 Å². The van der Waals surface area contributed by atoms with Crippen molar-refractivity contribution in [2.45, 2.75) is 12.0 Å². The van der Waals surface area contributed by atoms with Gasteiger partial charge in [-0.25, -0.2) is 4.39 Å². The second kappa shape index (κ2) is 3.55. The number of hydrogen-bond acceptors (Lipinski definition) is 3. The summed E-state index contributed by atoms with van der Waals surface area (Å²) < 4.78 is 13.3. The molecule has 0 saturated carbocycles. The fourth-order valence-corrected chi connectivity index (χ4v) is 1.87. The Morgan fingerprint density at radius 2 is 2.43 bits per heavy atom. The quantitative estimate of drug-likeness (QED) is 0.651. The highest BCUT2D eigenvalue weighted by Gasteiger charge is 2.29. The Hall–Kier alpha value is -1.13. The molecule has 3 nitrogen and oxygen atoms in total. The van der Waals surface area contributed by atoms with Gasteiger partial charge in [0.2, 0.25) is 0 Å². The van der Waals surface area contributed by atoms with E-state index in [0.29, 0.717) is 12.2 Å². The number of halogens is 1. The highest BCUT2D eigenvalue weighted by molar-refractivity contribution is 5.59. The zero-order valence-electron chi connectivity index (χ0n) is 7.70. The van der Waals surface area contributed by atoms with Crippen molar-refractivity contribution in [1.29, 1.82) is 0 Å². The lowest BCUT2D eigenvalue weighted by Gasteiger charge is -2.15. The highest BCUT2D eigenvalue weighted by Crippen LogP contribution is 2.34. The number of fused-ring (bicyclic) bond motifs is 1. The summed E-state index contributed by atoms with van der Waals surface area (Å²) in [6.45, 7) is 0.747. The predicted octanol–water partition coefficient (Wildman–Crippen LogP) is 0.654. The molecule has 0 bridgehead atoms. The molecule has 14 heavy (non-hydrogen) atoms. The van der Waals surface area contributed by atoms with Crippen LogP contribution in [0.5, 0.6) is 0 Å². The number of nitrogens with two attached hydrogens (primary N) is 1. The van der Waals surface area contributed by atoms with Gasteiger partial charge in [-0.3, -0.25) is 0 Å². The van der Waals surface area contributed by atoms with Gasteiger partial charge in [0.25, 0.3) is 0 Å². The number of hydrogen-bond donors (Lipinski definition) is 3. The molecule has 0 aliphatic carbocycles. The topological polar surface area (TPSA) is 58.3 Å². The van der Waals surface area contributed by atoms with E-state index in [2.05, 4.69) is 5.32 Å². The molecule has 1 aromatic rings. The lowest BCUT2D eigenvalue weighted by atomic mass is 9.95. The van der Waals surface area contributed by atoms with Gasteiger partial charge in [-0.15, -0.1) is 0 Å². The van der Waals surface area contributed by atoms with E-state index in [4.69, 9.17) is 5.73 Å². The van der Waals surface area contributed by atoms with Crippen LogP contribution in [0.2, 0.25) is 0 Å². The molecule has 2 atom stereocenters. The molecule has 1 heterocycles. The van der Waals surface area contributed by atoms with Crippen LogP contribution in [0.1, 0.15) is 11.5 Å². The second-order valence-corrected chi connectivity index (χ2v) is 3.49. The van der Waals surface area contributed by atoms with E-state index < -0.39 is 6.10 Å². The Bertz CT molecular complexity index is 343. The van der Waals surface area contributed by atoms with Crippen LogP contribution in [-0.2, 0) is 0 Å². The number of benzene rings is 1. The van der Waals surface area contributed by atoms with E-state index in [1.54, 1.807) is 6.07 Å². The minimum atomic E-state index is -0.606. The Balaban J connectivity index is 2.35. The third kappa shape index (κ3) is 1.36. The molecule has 0 spiro atoms. The van der Waals surface area contributed by atoms with E-state index in [1.165, 1.54) is 6.07 Å². The predicted molar refractivity (Wildman–Crippen MR) is 52.7 cm³/mol. The van der Waals surface area contributed by atoms with Crippen molar-refractivity contribution in [3.05, 3.63) is 29.6 Å². The normalized spacial score (nSPS) is 21.5. The van der Waals surface area contributed by atoms with Gasteiger partial charge in [0.1, 0.15) is 5.82 Å². The Morgan fingerprint density at radius 1 is 1.64 bits per heavy atom. The first kappa shape index (κ1) is 9.43. The summed E-state index contributed by atoms with van der Waals surface area (Å²) in [6, 6.07) is 4.88. The molecule has 76 valence electrons. The third-order valence-corrected chi connectivity index (χ3v) is 2.65. The van der Waals surface area contributed by atoms with E-state index in [0.717, 1.165) is 5.56 Å². The maximum atomic E-state index is 13.3. The number of rotatable bonds is 2. The summed E-state index contributed by atoms with van der Waals surface area (Å²) >= 11 is 0. The Kier molecular flexibility index (Phi) is 2.39. The fraction of sp³-hybridized carbons (Fsp3) is 0.400. The highest BCUT2D eigenvalue weighted by atomic mass is 19.1. The van der Waals surface area contributed by atoms with Crippen molar-refractivity contribution in [2.24, 2.45) is 5.73 Å². The zero-order valence-corrected chi connectivity index (χ0v) is 7.70. The standard InChI is InChI=1S/C10H13FN2O/c11-8-3-1-2-6-7(9(14)4-12)5-13-10(6)8/h1-3,7,9,13-14H,4-5,12H2. The summed E-state index contributed by atoms with van der Waals surface area (Å²) in [7, 11) is 0. The zero-order chi connectivity index (χ0) is 10.1. The summed E-state index contributed by atoms with van der Waals surface area (Å²) in [5.74, 6) is -0.361. The van der Waals surface area contributed by atoms with Gasteiger partial charge in [0.05, 0.1) is 11.8 Å². The van der Waals surface area contributed by atoms with Crippen LogP contribution >= 0.6 is 0 Å². The minimum absolute atomic E-state index is 0.0919. The summed E-state index contributed by atoms with van der Waals surface area (Å²) in [5, 5.41) is 12.6. The fourth-order valence-electron chi connectivity index (χ4n) is 1.87. The van der Waals surface area contributed by atoms with Crippen LogP contribution in [0.15, 0.2) is 18.2 Å². The van der Waals surface area contributed by atoms with Crippen molar-refractivity contribution in [1.82, 2.24) is 0 Å². The average Bonchev–Trinajstić information content (AvgIpc) is 2.62. The monoisotopic (exact) mass is 196 g/mol. The van der Waals surface area contributed by atoms with E-state index in [1.807, 2.05) is 6.07 Å². The number of nitrogens with one attached hydrogen (secondary N) is 1. The summed E-state index contributed by atoms with van der Waals surface area (Å²) in [4.78, 5) is 0. The van der Waals surface area contributed by atoms with Crippen molar-refractivity contribution in [3.63, 3.8) is 0 Å². The molecule has 0 aromatic heterocycles. The molecule has 2 rings (SSSR count). The molecular formula is C10H13FN2O. The summed E-state index contributed by atoms with van der Waals surface area (Å²) in [6.07, 6.45) is -0.606. The van der Waals surface area contributed by atoms with Crippen LogP contribution in [-0.4, -0.2) is 24.3 Å². The first-order chi connectivity index (χ1) is 6.74. The van der Waals surface area contributed by atoms with Gasteiger partial charge in [0.15, 0.2) is 0 Å². The molecule has 0 amide bonds. The molecular weight excluding hydrogens is 183 g/mol. The van der Waals surface area contributed by atoms with Crippen molar-refractivity contribution in [3.8, 4) is 0 Å². The molecule has 4 heteroatoms. The van der Waals surface area contributed by atoms with E-state index in [9.17, 15) is 9.50 Å².